The second kappa shape index (κ2) is 8.24. The van der Waals surface area contributed by atoms with Gasteiger partial charge in [0, 0.05) is 23.7 Å². The Balaban J connectivity index is 1.58. The standard InChI is InChI=1S/C22H16N6O2/c23-12-15-5-3-14(4-6-15)10-20-18-8-7-16(11-19(18)21(29)28-27-20)25-22(30)26-17-2-1-9-24-13-17/h1-9,11,13H,10H2,(H,28,29)(H2,25,26,30). The van der Waals surface area contributed by atoms with Crippen LogP contribution in [0.1, 0.15) is 16.8 Å². The molecule has 2 aromatic heterocycles. The molecule has 0 saturated heterocycles. The predicted molar refractivity (Wildman–Crippen MR) is 113 cm³/mol. The van der Waals surface area contributed by atoms with E-state index in [0.29, 0.717) is 39.8 Å². The molecular formula is C22H16N6O2. The molecule has 2 amide bonds. The summed E-state index contributed by atoms with van der Waals surface area (Å²) in [7, 11) is 0. The van der Waals surface area contributed by atoms with Crippen molar-refractivity contribution in [2.24, 2.45) is 0 Å². The summed E-state index contributed by atoms with van der Waals surface area (Å²) in [6.45, 7) is 0. The van der Waals surface area contributed by atoms with Gasteiger partial charge in [0.15, 0.2) is 0 Å². The molecule has 146 valence electrons. The lowest BCUT2D eigenvalue weighted by Gasteiger charge is -2.09. The minimum Gasteiger partial charge on any atom is -0.308 e. The molecule has 3 N–H and O–H groups in total. The number of nitrogens with zero attached hydrogens (tertiary/aromatic N) is 3. The molecule has 4 aromatic rings. The van der Waals surface area contributed by atoms with E-state index in [-0.39, 0.29) is 5.56 Å². The number of fused-ring (bicyclic) bond motifs is 1. The van der Waals surface area contributed by atoms with Crippen molar-refractivity contribution < 1.29 is 4.79 Å². The molecule has 4 rings (SSSR count). The zero-order valence-corrected chi connectivity index (χ0v) is 15.7. The number of carbonyl (C=O) groups is 1. The molecule has 0 fully saturated rings. The van der Waals surface area contributed by atoms with Crippen molar-refractivity contribution in [1.82, 2.24) is 15.2 Å². The first-order valence-corrected chi connectivity index (χ1v) is 9.11. The summed E-state index contributed by atoms with van der Waals surface area (Å²) in [6.07, 6.45) is 3.64. The van der Waals surface area contributed by atoms with Gasteiger partial charge in [-0.05, 0) is 42.0 Å². The van der Waals surface area contributed by atoms with Crippen molar-refractivity contribution >= 4 is 28.2 Å². The van der Waals surface area contributed by atoms with Crippen molar-refractivity contribution in [1.29, 1.82) is 5.26 Å². The minimum atomic E-state index is -0.439. The van der Waals surface area contributed by atoms with Gasteiger partial charge in [0.2, 0.25) is 0 Å². The monoisotopic (exact) mass is 396 g/mol. The number of benzene rings is 2. The number of urea groups is 1. The van der Waals surface area contributed by atoms with Crippen LogP contribution in [0.15, 0.2) is 71.8 Å². The summed E-state index contributed by atoms with van der Waals surface area (Å²) in [6, 6.07) is 17.4. The molecule has 0 radical (unpaired) electrons. The normalized spacial score (nSPS) is 10.4. The van der Waals surface area contributed by atoms with Crippen molar-refractivity contribution in [3.8, 4) is 6.07 Å². The first-order chi connectivity index (χ1) is 14.6. The minimum absolute atomic E-state index is 0.343. The number of carbonyl (C=O) groups excluding carboxylic acids is 1. The Morgan fingerprint density at radius 1 is 1.03 bits per heavy atom. The molecule has 0 atom stereocenters. The van der Waals surface area contributed by atoms with Crippen LogP contribution in [-0.2, 0) is 6.42 Å². The Hall–Kier alpha value is -4.51. The highest BCUT2D eigenvalue weighted by atomic mass is 16.2. The second-order valence-electron chi connectivity index (χ2n) is 6.57. The quantitative estimate of drug-likeness (QED) is 0.488. The van der Waals surface area contributed by atoms with Gasteiger partial charge in [0.1, 0.15) is 0 Å². The molecule has 0 unspecified atom stereocenters. The van der Waals surface area contributed by atoms with Gasteiger partial charge >= 0.3 is 6.03 Å². The number of nitrogens with one attached hydrogen (secondary N) is 3. The Labute approximate surface area is 171 Å². The van der Waals surface area contributed by atoms with Gasteiger partial charge in [-0.1, -0.05) is 18.2 Å². The summed E-state index contributed by atoms with van der Waals surface area (Å²) < 4.78 is 0. The van der Waals surface area contributed by atoms with Crippen LogP contribution < -0.4 is 16.2 Å². The first kappa shape index (κ1) is 18.8. The first-order valence-electron chi connectivity index (χ1n) is 9.11. The number of H-pyrrole nitrogens is 1. The number of hydrogen-bond acceptors (Lipinski definition) is 5. The van der Waals surface area contributed by atoms with Gasteiger partial charge in [-0.15, -0.1) is 0 Å². The van der Waals surface area contributed by atoms with Crippen molar-refractivity contribution in [3.05, 3.63) is 94.2 Å². The number of nitriles is 1. The molecule has 2 heterocycles. The maximum atomic E-state index is 12.3. The largest absolute Gasteiger partial charge is 0.323 e. The van der Waals surface area contributed by atoms with E-state index in [0.717, 1.165) is 5.56 Å². The van der Waals surface area contributed by atoms with E-state index in [9.17, 15) is 9.59 Å². The average Bonchev–Trinajstić information content (AvgIpc) is 2.77. The van der Waals surface area contributed by atoms with E-state index in [1.54, 1.807) is 48.7 Å². The molecule has 8 heteroatoms. The van der Waals surface area contributed by atoms with Gasteiger partial charge in [0.05, 0.1) is 34.6 Å². The Kier molecular flexibility index (Phi) is 5.17. The van der Waals surface area contributed by atoms with Crippen molar-refractivity contribution in [3.63, 3.8) is 0 Å². The molecule has 0 aliphatic rings. The topological polar surface area (TPSA) is 124 Å². The predicted octanol–water partition coefficient (Wildman–Crippen LogP) is 3.42. The maximum Gasteiger partial charge on any atom is 0.323 e. The Morgan fingerprint density at radius 2 is 1.83 bits per heavy atom. The molecule has 0 aliphatic heterocycles. The van der Waals surface area contributed by atoms with Crippen LogP contribution in [0.2, 0.25) is 0 Å². The zero-order valence-electron chi connectivity index (χ0n) is 15.7. The molecular weight excluding hydrogens is 380 g/mol. The summed E-state index contributed by atoms with van der Waals surface area (Å²) in [4.78, 5) is 28.4. The lowest BCUT2D eigenvalue weighted by molar-refractivity contribution is 0.262. The Bertz CT molecular complexity index is 1310. The number of pyridine rings is 1. The van der Waals surface area contributed by atoms with Crippen LogP contribution in [0.4, 0.5) is 16.2 Å². The number of aromatic amines is 1. The van der Waals surface area contributed by atoms with E-state index in [4.69, 9.17) is 5.26 Å². The number of anilines is 2. The van der Waals surface area contributed by atoms with Crippen LogP contribution in [0.5, 0.6) is 0 Å². The summed E-state index contributed by atoms with van der Waals surface area (Å²) in [5, 5.41) is 22.1. The second-order valence-corrected chi connectivity index (χ2v) is 6.57. The molecule has 2 aromatic carbocycles. The lowest BCUT2D eigenvalue weighted by atomic mass is 10.0. The van der Waals surface area contributed by atoms with E-state index in [1.165, 1.54) is 6.20 Å². The number of aromatic nitrogens is 3. The van der Waals surface area contributed by atoms with Gasteiger partial charge in [-0.25, -0.2) is 9.89 Å². The zero-order chi connectivity index (χ0) is 20.9. The molecule has 0 saturated carbocycles. The highest BCUT2D eigenvalue weighted by Gasteiger charge is 2.10. The smallest absolute Gasteiger partial charge is 0.308 e. The van der Waals surface area contributed by atoms with Crippen LogP contribution in [0, 0.1) is 11.3 Å². The third kappa shape index (κ3) is 4.15. The van der Waals surface area contributed by atoms with Gasteiger partial charge in [0.25, 0.3) is 5.56 Å². The highest BCUT2D eigenvalue weighted by molar-refractivity contribution is 6.01. The molecule has 0 aliphatic carbocycles. The van der Waals surface area contributed by atoms with Crippen LogP contribution in [-0.4, -0.2) is 21.2 Å². The summed E-state index contributed by atoms with van der Waals surface area (Å²) in [5.74, 6) is 0. The molecule has 0 spiro atoms. The fraction of sp³-hybridized carbons (Fsp3) is 0.0455. The average molecular weight is 396 g/mol. The van der Waals surface area contributed by atoms with Gasteiger partial charge in [-0.3, -0.25) is 9.78 Å². The molecule has 0 bridgehead atoms. The van der Waals surface area contributed by atoms with E-state index in [2.05, 4.69) is 31.9 Å². The van der Waals surface area contributed by atoms with Crippen LogP contribution in [0.3, 0.4) is 0 Å². The molecule has 30 heavy (non-hydrogen) atoms. The number of rotatable bonds is 4. The fourth-order valence-electron chi connectivity index (χ4n) is 3.06. The third-order valence-corrected chi connectivity index (χ3v) is 4.50. The van der Waals surface area contributed by atoms with Gasteiger partial charge in [-0.2, -0.15) is 10.4 Å². The third-order valence-electron chi connectivity index (χ3n) is 4.50. The molecule has 8 nitrogen and oxygen atoms in total. The summed E-state index contributed by atoms with van der Waals surface area (Å²) >= 11 is 0. The number of amides is 2. The number of hydrogen-bond donors (Lipinski definition) is 3. The van der Waals surface area contributed by atoms with E-state index in [1.807, 2.05) is 12.1 Å². The van der Waals surface area contributed by atoms with E-state index >= 15 is 0 Å². The van der Waals surface area contributed by atoms with Crippen molar-refractivity contribution in [2.75, 3.05) is 10.6 Å². The maximum absolute atomic E-state index is 12.3. The fourth-order valence-corrected chi connectivity index (χ4v) is 3.06. The van der Waals surface area contributed by atoms with Crippen molar-refractivity contribution in [2.45, 2.75) is 6.42 Å². The summed E-state index contributed by atoms with van der Waals surface area (Å²) in [5.41, 5.74) is 2.93. The van der Waals surface area contributed by atoms with Crippen LogP contribution in [0.25, 0.3) is 10.8 Å². The lowest BCUT2D eigenvalue weighted by Crippen LogP contribution is -2.20. The Morgan fingerprint density at radius 3 is 2.57 bits per heavy atom. The van der Waals surface area contributed by atoms with Crippen LogP contribution >= 0.6 is 0 Å². The van der Waals surface area contributed by atoms with E-state index < -0.39 is 6.03 Å². The SMILES string of the molecule is N#Cc1ccc(Cc2n[nH]c(=O)c3cc(NC(=O)Nc4cccnc4)ccc23)cc1. The highest BCUT2D eigenvalue weighted by Crippen LogP contribution is 2.21. The van der Waals surface area contributed by atoms with Gasteiger partial charge < -0.3 is 10.6 Å².